The second-order valence-electron chi connectivity index (χ2n) is 12.4. The van der Waals surface area contributed by atoms with Gasteiger partial charge in [0.25, 0.3) is 0 Å². The van der Waals surface area contributed by atoms with Crippen LogP contribution in [0.1, 0.15) is 36.1 Å². The SMILES string of the molecule is CC1(C)c2ccccc2-c2ccc3c4ccccc4n(/C=N/C(=C\C(=N)c4cccc(-c5ccccc5)c4)c4ccccc4)c3c21. The molecule has 0 spiro atoms. The number of hydrogen-bond donors (Lipinski definition) is 1. The van der Waals surface area contributed by atoms with Gasteiger partial charge in [-0.2, -0.15) is 0 Å². The zero-order valence-corrected chi connectivity index (χ0v) is 25.9. The van der Waals surface area contributed by atoms with Crippen LogP contribution in [0.2, 0.25) is 0 Å². The van der Waals surface area contributed by atoms with Gasteiger partial charge >= 0.3 is 0 Å². The van der Waals surface area contributed by atoms with Gasteiger partial charge in [-0.15, -0.1) is 0 Å². The monoisotopic (exact) mass is 591 g/mol. The zero-order valence-electron chi connectivity index (χ0n) is 25.9. The number of nitrogens with zero attached hydrogens (tertiary/aromatic N) is 2. The predicted octanol–water partition coefficient (Wildman–Crippen LogP) is 10.8. The number of para-hydroxylation sites is 1. The van der Waals surface area contributed by atoms with E-state index in [1.54, 1.807) is 0 Å². The molecule has 0 radical (unpaired) electrons. The van der Waals surface area contributed by atoms with E-state index in [4.69, 9.17) is 10.4 Å². The first-order chi connectivity index (χ1) is 22.5. The predicted molar refractivity (Wildman–Crippen MR) is 194 cm³/mol. The number of allylic oxidation sites excluding steroid dienone is 1. The lowest BCUT2D eigenvalue weighted by molar-refractivity contribution is 0.664. The van der Waals surface area contributed by atoms with E-state index in [-0.39, 0.29) is 5.41 Å². The van der Waals surface area contributed by atoms with Gasteiger partial charge in [-0.1, -0.05) is 147 Å². The Balaban J connectivity index is 1.29. The quantitative estimate of drug-likeness (QED) is 0.148. The van der Waals surface area contributed by atoms with E-state index in [1.807, 2.05) is 60.9 Å². The standard InChI is InChI=1S/C43H33N3/c1-43(2)37-22-11-9-20-33(37)35-24-25-36-34-21-10-12-23-40(34)46(42(36)41(35)43)28-45-39(30-16-7-4-8-17-30)27-38(44)32-19-13-18-31(26-32)29-14-5-3-6-15-29/h3-28,44H,1-2H3/b39-27-,44-38?,45-28+. The van der Waals surface area contributed by atoms with Gasteiger partial charge in [0.2, 0.25) is 0 Å². The largest absolute Gasteiger partial charge is 0.300 e. The Labute approximate surface area is 269 Å². The van der Waals surface area contributed by atoms with Crippen LogP contribution in [0.25, 0.3) is 49.8 Å². The second-order valence-corrected chi connectivity index (χ2v) is 12.4. The van der Waals surface area contributed by atoms with E-state index < -0.39 is 0 Å². The van der Waals surface area contributed by atoms with Crippen LogP contribution in [-0.4, -0.2) is 16.6 Å². The third-order valence-electron chi connectivity index (χ3n) is 9.33. The maximum Gasteiger partial charge on any atom is 0.100 e. The molecule has 3 heteroatoms. The van der Waals surface area contributed by atoms with Crippen molar-refractivity contribution in [3.05, 3.63) is 174 Å². The second kappa shape index (κ2) is 11.0. The molecular weight excluding hydrogens is 558 g/mol. The van der Waals surface area contributed by atoms with Crippen LogP contribution >= 0.6 is 0 Å². The van der Waals surface area contributed by atoms with Gasteiger partial charge < -0.3 is 5.41 Å². The van der Waals surface area contributed by atoms with Gasteiger partial charge in [0.15, 0.2) is 0 Å². The lowest BCUT2D eigenvalue weighted by Gasteiger charge is -2.23. The zero-order chi connectivity index (χ0) is 31.3. The van der Waals surface area contributed by atoms with Crippen LogP contribution in [0, 0.1) is 5.41 Å². The maximum atomic E-state index is 9.15. The third kappa shape index (κ3) is 4.52. The molecule has 0 fully saturated rings. The molecule has 0 atom stereocenters. The number of aromatic nitrogens is 1. The summed E-state index contributed by atoms with van der Waals surface area (Å²) < 4.78 is 2.26. The molecule has 1 N–H and O–H groups in total. The molecule has 3 nitrogen and oxygen atoms in total. The molecule has 0 saturated heterocycles. The van der Waals surface area contributed by atoms with E-state index >= 15 is 0 Å². The van der Waals surface area contributed by atoms with E-state index in [0.29, 0.717) is 5.71 Å². The Hall–Kier alpha value is -5.80. The molecule has 7 aromatic rings. The van der Waals surface area contributed by atoms with Crippen LogP contribution in [0.5, 0.6) is 0 Å². The summed E-state index contributed by atoms with van der Waals surface area (Å²) in [4.78, 5) is 5.16. The van der Waals surface area contributed by atoms with Gasteiger partial charge in [0.05, 0.1) is 22.4 Å². The first-order valence-corrected chi connectivity index (χ1v) is 15.7. The fourth-order valence-electron chi connectivity index (χ4n) is 7.11. The molecule has 0 amide bonds. The van der Waals surface area contributed by atoms with Crippen molar-refractivity contribution in [1.29, 1.82) is 5.41 Å². The van der Waals surface area contributed by atoms with Crippen molar-refractivity contribution in [2.75, 3.05) is 0 Å². The van der Waals surface area contributed by atoms with Crippen molar-refractivity contribution in [1.82, 2.24) is 4.57 Å². The Morgan fingerprint density at radius 2 is 1.30 bits per heavy atom. The van der Waals surface area contributed by atoms with Gasteiger partial charge in [-0.3, -0.25) is 4.57 Å². The highest BCUT2D eigenvalue weighted by Gasteiger charge is 2.38. The Morgan fingerprint density at radius 3 is 2.13 bits per heavy atom. The number of rotatable bonds is 6. The minimum atomic E-state index is -0.171. The summed E-state index contributed by atoms with van der Waals surface area (Å²) in [6.45, 7) is 4.66. The fraction of sp³-hybridized carbons (Fsp3) is 0.0698. The molecule has 46 heavy (non-hydrogen) atoms. The smallest absolute Gasteiger partial charge is 0.100 e. The summed E-state index contributed by atoms with van der Waals surface area (Å²) in [6, 6.07) is 50.5. The lowest BCUT2D eigenvalue weighted by Crippen LogP contribution is -2.16. The summed E-state index contributed by atoms with van der Waals surface area (Å²) in [7, 11) is 0. The Kier molecular flexibility index (Phi) is 6.61. The molecule has 6 aromatic carbocycles. The van der Waals surface area contributed by atoms with Gasteiger partial charge in [-0.05, 0) is 51.6 Å². The minimum absolute atomic E-state index is 0.171. The fourth-order valence-corrected chi connectivity index (χ4v) is 7.11. The molecule has 220 valence electrons. The summed E-state index contributed by atoms with van der Waals surface area (Å²) >= 11 is 0. The van der Waals surface area contributed by atoms with Crippen LogP contribution < -0.4 is 0 Å². The molecule has 1 heterocycles. The summed E-state index contributed by atoms with van der Waals surface area (Å²) in [5.41, 5.74) is 12.5. The van der Waals surface area contributed by atoms with E-state index in [1.165, 1.54) is 38.5 Å². The molecule has 8 rings (SSSR count). The average Bonchev–Trinajstić information content (AvgIpc) is 3.55. The van der Waals surface area contributed by atoms with Gasteiger partial charge in [-0.25, -0.2) is 4.99 Å². The van der Waals surface area contributed by atoms with Crippen LogP contribution in [-0.2, 0) is 5.41 Å². The first-order valence-electron chi connectivity index (χ1n) is 15.7. The number of aliphatic imine (C=N–C) groups is 1. The third-order valence-corrected chi connectivity index (χ3v) is 9.33. The van der Waals surface area contributed by atoms with Crippen molar-refractivity contribution in [3.8, 4) is 22.3 Å². The minimum Gasteiger partial charge on any atom is -0.300 e. The number of nitrogens with one attached hydrogen (secondary N) is 1. The molecule has 0 aliphatic heterocycles. The molecular formula is C43H33N3. The highest BCUT2D eigenvalue weighted by Crippen LogP contribution is 2.52. The molecule has 1 aromatic heterocycles. The highest BCUT2D eigenvalue weighted by atomic mass is 15.0. The first kappa shape index (κ1) is 27.7. The Morgan fingerprint density at radius 1 is 0.630 bits per heavy atom. The molecule has 0 saturated carbocycles. The van der Waals surface area contributed by atoms with Crippen molar-refractivity contribution in [2.24, 2.45) is 4.99 Å². The topological polar surface area (TPSA) is 41.1 Å². The van der Waals surface area contributed by atoms with Crippen molar-refractivity contribution >= 4 is 39.6 Å². The van der Waals surface area contributed by atoms with Crippen LogP contribution in [0.15, 0.2) is 157 Å². The van der Waals surface area contributed by atoms with Crippen LogP contribution in [0.3, 0.4) is 0 Å². The summed E-state index contributed by atoms with van der Waals surface area (Å²) in [5, 5.41) is 11.6. The Bertz CT molecular complexity index is 2340. The molecule has 0 bridgehead atoms. The normalized spacial score (nSPS) is 13.7. The van der Waals surface area contributed by atoms with Gasteiger partial charge in [0.1, 0.15) is 6.34 Å². The van der Waals surface area contributed by atoms with E-state index in [9.17, 15) is 0 Å². The number of hydrogen-bond acceptors (Lipinski definition) is 2. The van der Waals surface area contributed by atoms with Crippen molar-refractivity contribution < 1.29 is 0 Å². The number of fused-ring (bicyclic) bond motifs is 7. The summed E-state index contributed by atoms with van der Waals surface area (Å²) in [6.07, 6.45) is 3.84. The summed E-state index contributed by atoms with van der Waals surface area (Å²) in [5.74, 6) is 0. The molecule has 1 aliphatic carbocycles. The van der Waals surface area contributed by atoms with Gasteiger partial charge in [0, 0.05) is 27.3 Å². The molecule has 0 unspecified atom stereocenters. The maximum absolute atomic E-state index is 9.15. The van der Waals surface area contributed by atoms with Crippen molar-refractivity contribution in [3.63, 3.8) is 0 Å². The van der Waals surface area contributed by atoms with E-state index in [0.717, 1.165) is 33.5 Å². The van der Waals surface area contributed by atoms with E-state index in [2.05, 4.69) is 115 Å². The lowest BCUT2D eigenvalue weighted by atomic mass is 9.81. The average molecular weight is 592 g/mol. The number of benzene rings is 6. The highest BCUT2D eigenvalue weighted by molar-refractivity contribution is 6.15. The van der Waals surface area contributed by atoms with Crippen LogP contribution in [0.4, 0.5) is 0 Å². The molecule has 1 aliphatic rings. The van der Waals surface area contributed by atoms with Crippen molar-refractivity contribution in [2.45, 2.75) is 19.3 Å².